The Labute approximate surface area is 198 Å². The Kier molecular flexibility index (Phi) is 9.26. The van der Waals surface area contributed by atoms with Crippen LogP contribution < -0.4 is 15.4 Å². The van der Waals surface area contributed by atoms with Crippen molar-refractivity contribution in [2.45, 2.75) is 32.4 Å². The summed E-state index contributed by atoms with van der Waals surface area (Å²) in [6.07, 6.45) is -0.790. The fourth-order valence-electron chi connectivity index (χ4n) is 3.12. The summed E-state index contributed by atoms with van der Waals surface area (Å²) in [5, 5.41) is 24.7. The predicted molar refractivity (Wildman–Crippen MR) is 126 cm³/mol. The van der Waals surface area contributed by atoms with Gasteiger partial charge in [0.1, 0.15) is 29.7 Å². The van der Waals surface area contributed by atoms with Gasteiger partial charge < -0.3 is 35.2 Å². The predicted octanol–water partition coefficient (Wildman–Crippen LogP) is 2.43. The van der Waals surface area contributed by atoms with E-state index in [4.69, 9.17) is 9.47 Å². The van der Waals surface area contributed by atoms with E-state index in [1.165, 1.54) is 19.2 Å². The minimum Gasteiger partial charge on any atom is -0.508 e. The van der Waals surface area contributed by atoms with Gasteiger partial charge in [-0.25, -0.2) is 4.79 Å². The summed E-state index contributed by atoms with van der Waals surface area (Å²) in [7, 11) is 1.52. The largest absolute Gasteiger partial charge is 0.508 e. The van der Waals surface area contributed by atoms with Crippen molar-refractivity contribution >= 4 is 23.6 Å². The van der Waals surface area contributed by atoms with Gasteiger partial charge in [0.15, 0.2) is 0 Å². The van der Waals surface area contributed by atoms with E-state index < -0.39 is 42.7 Å². The second-order valence-corrected chi connectivity index (χ2v) is 8.38. The van der Waals surface area contributed by atoms with Crippen LogP contribution in [0.2, 0.25) is 0 Å². The molecule has 10 nitrogen and oxygen atoms in total. The molecule has 0 saturated heterocycles. The highest BCUT2D eigenvalue weighted by Crippen LogP contribution is 2.26. The smallest absolute Gasteiger partial charge is 0.408 e. The molecule has 0 aliphatic heterocycles. The topological polar surface area (TPSA) is 137 Å². The van der Waals surface area contributed by atoms with E-state index in [9.17, 15) is 24.6 Å². The Balaban J connectivity index is 2.30. The van der Waals surface area contributed by atoms with Crippen LogP contribution in [0.15, 0.2) is 48.5 Å². The molecule has 2 aromatic carbocycles. The van der Waals surface area contributed by atoms with Crippen molar-refractivity contribution in [2.24, 2.45) is 0 Å². The number of phenols is 1. The zero-order valence-corrected chi connectivity index (χ0v) is 19.7. The lowest BCUT2D eigenvalue weighted by Gasteiger charge is -2.31. The van der Waals surface area contributed by atoms with Crippen molar-refractivity contribution in [3.63, 3.8) is 0 Å². The van der Waals surface area contributed by atoms with Crippen molar-refractivity contribution in [3.8, 4) is 11.5 Å². The van der Waals surface area contributed by atoms with Crippen LogP contribution in [0.5, 0.6) is 11.5 Å². The van der Waals surface area contributed by atoms with Gasteiger partial charge >= 0.3 is 6.09 Å². The van der Waals surface area contributed by atoms with Crippen LogP contribution in [-0.2, 0) is 14.3 Å². The quantitative estimate of drug-likeness (QED) is 0.439. The van der Waals surface area contributed by atoms with Gasteiger partial charge in [0.2, 0.25) is 5.91 Å². The van der Waals surface area contributed by atoms with Gasteiger partial charge in [-0.15, -0.1) is 0 Å². The lowest BCUT2D eigenvalue weighted by atomic mass is 10.0. The number of benzene rings is 2. The minimum absolute atomic E-state index is 0.0944. The van der Waals surface area contributed by atoms with Crippen molar-refractivity contribution < 1.29 is 34.1 Å². The number of carbonyl (C=O) groups excluding carboxylic acids is 3. The Bertz CT molecular complexity index is 987. The Morgan fingerprint density at radius 3 is 2.32 bits per heavy atom. The van der Waals surface area contributed by atoms with E-state index in [1.807, 2.05) is 0 Å². The molecule has 0 fully saturated rings. The number of anilines is 1. The third kappa shape index (κ3) is 7.96. The van der Waals surface area contributed by atoms with Crippen LogP contribution in [0.3, 0.4) is 0 Å². The normalized spacial score (nSPS) is 11.8. The highest BCUT2D eigenvalue weighted by atomic mass is 16.6. The number of aliphatic hydroxyl groups excluding tert-OH is 1. The molecule has 0 bridgehead atoms. The number of hydrogen-bond donors (Lipinski definition) is 4. The van der Waals surface area contributed by atoms with E-state index in [0.29, 0.717) is 17.0 Å². The van der Waals surface area contributed by atoms with Crippen LogP contribution in [0, 0.1) is 0 Å². The number of phenolic OH excluding ortho intramolecular Hbond substituents is 1. The highest BCUT2D eigenvalue weighted by molar-refractivity contribution is 5.98. The summed E-state index contributed by atoms with van der Waals surface area (Å²) in [5.74, 6) is -0.691. The van der Waals surface area contributed by atoms with Crippen LogP contribution in [0.25, 0.3) is 0 Å². The molecule has 0 spiro atoms. The third-order valence-corrected chi connectivity index (χ3v) is 4.55. The van der Waals surface area contributed by atoms with Gasteiger partial charge in [0.05, 0.1) is 13.7 Å². The Morgan fingerprint density at radius 2 is 1.76 bits per heavy atom. The van der Waals surface area contributed by atoms with Crippen LogP contribution in [-0.4, -0.2) is 65.4 Å². The Morgan fingerprint density at radius 1 is 1.09 bits per heavy atom. The fourth-order valence-corrected chi connectivity index (χ4v) is 3.12. The number of nitrogens with one attached hydrogen (secondary N) is 2. The molecule has 0 aliphatic carbocycles. The summed E-state index contributed by atoms with van der Waals surface area (Å²) in [6.45, 7) is 3.99. The fraction of sp³-hybridized carbons (Fsp3) is 0.375. The molecule has 1 atom stereocenters. The van der Waals surface area contributed by atoms with E-state index in [0.717, 1.165) is 4.90 Å². The molecule has 10 heteroatoms. The first-order chi connectivity index (χ1) is 16.0. The average molecular weight is 474 g/mol. The molecule has 2 rings (SSSR count). The minimum atomic E-state index is -1.20. The number of aromatic hydroxyl groups is 1. The second-order valence-electron chi connectivity index (χ2n) is 8.38. The molecule has 184 valence electrons. The lowest BCUT2D eigenvalue weighted by molar-refractivity contribution is -0.138. The molecular weight excluding hydrogens is 442 g/mol. The molecule has 0 aliphatic rings. The number of carbonyl (C=O) groups is 3. The van der Waals surface area contributed by atoms with Gasteiger partial charge in [0, 0.05) is 12.2 Å². The van der Waals surface area contributed by atoms with Crippen LogP contribution in [0.1, 0.15) is 32.4 Å². The first-order valence-electron chi connectivity index (χ1n) is 10.6. The van der Waals surface area contributed by atoms with Crippen molar-refractivity contribution in [1.82, 2.24) is 10.2 Å². The van der Waals surface area contributed by atoms with Gasteiger partial charge in [-0.3, -0.25) is 9.59 Å². The first kappa shape index (κ1) is 26.5. The maximum atomic E-state index is 13.3. The third-order valence-electron chi connectivity index (χ3n) is 4.55. The van der Waals surface area contributed by atoms with E-state index in [-0.39, 0.29) is 12.3 Å². The second kappa shape index (κ2) is 11.9. The van der Waals surface area contributed by atoms with Crippen LogP contribution in [0.4, 0.5) is 10.5 Å². The van der Waals surface area contributed by atoms with Gasteiger partial charge in [-0.05, 0) is 62.7 Å². The Hall–Kier alpha value is -3.79. The first-order valence-corrected chi connectivity index (χ1v) is 10.6. The lowest BCUT2D eigenvalue weighted by Crippen LogP contribution is -2.47. The molecule has 0 radical (unpaired) electrons. The molecular formula is C24H31N3O7. The zero-order chi connectivity index (χ0) is 25.3. The summed E-state index contributed by atoms with van der Waals surface area (Å²) >= 11 is 0. The molecule has 0 aromatic heterocycles. The molecule has 34 heavy (non-hydrogen) atoms. The van der Waals surface area contributed by atoms with Crippen molar-refractivity contribution in [3.05, 3.63) is 54.1 Å². The number of amides is 3. The standard InChI is InChI=1S/C24H31N3O7/c1-24(2,3)34-23(32)25-15-20(30)27(12-13-28)21(16-6-5-7-18(29)14-16)22(31)26-17-8-10-19(33-4)11-9-17/h5-11,14,21,28-29H,12-13,15H2,1-4H3,(H,25,32)(H,26,31). The van der Waals surface area contributed by atoms with Gasteiger partial charge in [-0.1, -0.05) is 12.1 Å². The van der Waals surface area contributed by atoms with Gasteiger partial charge in [-0.2, -0.15) is 0 Å². The maximum absolute atomic E-state index is 13.3. The highest BCUT2D eigenvalue weighted by Gasteiger charge is 2.32. The summed E-state index contributed by atoms with van der Waals surface area (Å²) in [4.78, 5) is 39.5. The number of methoxy groups -OCH3 is 1. The van der Waals surface area contributed by atoms with E-state index >= 15 is 0 Å². The van der Waals surface area contributed by atoms with E-state index in [2.05, 4.69) is 10.6 Å². The molecule has 1 unspecified atom stereocenters. The molecule has 4 N–H and O–H groups in total. The van der Waals surface area contributed by atoms with E-state index in [1.54, 1.807) is 57.2 Å². The number of ether oxygens (including phenoxy) is 2. The number of alkyl carbamates (subject to hydrolysis) is 1. The number of nitrogens with zero attached hydrogens (tertiary/aromatic N) is 1. The SMILES string of the molecule is COc1ccc(NC(=O)C(c2cccc(O)c2)N(CCO)C(=O)CNC(=O)OC(C)(C)C)cc1. The number of rotatable bonds is 9. The van der Waals surface area contributed by atoms with Gasteiger partial charge in [0.25, 0.3) is 5.91 Å². The van der Waals surface area contributed by atoms with Crippen molar-refractivity contribution in [2.75, 3.05) is 32.1 Å². The monoisotopic (exact) mass is 473 g/mol. The maximum Gasteiger partial charge on any atom is 0.408 e. The van der Waals surface area contributed by atoms with Crippen molar-refractivity contribution in [1.29, 1.82) is 0 Å². The molecule has 0 heterocycles. The molecule has 3 amide bonds. The zero-order valence-electron chi connectivity index (χ0n) is 19.7. The summed E-state index contributed by atoms with van der Waals surface area (Å²) in [6, 6.07) is 11.3. The molecule has 2 aromatic rings. The summed E-state index contributed by atoms with van der Waals surface area (Å²) < 4.78 is 10.3. The average Bonchev–Trinajstić information content (AvgIpc) is 2.76. The van der Waals surface area contributed by atoms with Crippen LogP contribution >= 0.6 is 0 Å². The number of aliphatic hydroxyl groups is 1. The number of hydrogen-bond acceptors (Lipinski definition) is 7. The summed E-state index contributed by atoms with van der Waals surface area (Å²) in [5.41, 5.74) is 0.0320. The molecule has 0 saturated carbocycles.